The van der Waals surface area contributed by atoms with Crippen molar-refractivity contribution in [3.63, 3.8) is 0 Å². The number of benzene rings is 1. The highest BCUT2D eigenvalue weighted by Crippen LogP contribution is 2.46. The van der Waals surface area contributed by atoms with E-state index in [1.54, 1.807) is 6.07 Å². The van der Waals surface area contributed by atoms with Gasteiger partial charge in [-0.15, -0.1) is 0 Å². The largest absolute Gasteiger partial charge is 0.491 e. The van der Waals surface area contributed by atoms with Gasteiger partial charge in [-0.3, -0.25) is 0 Å². The van der Waals surface area contributed by atoms with Gasteiger partial charge in [0.05, 0.1) is 11.6 Å². The van der Waals surface area contributed by atoms with Gasteiger partial charge in [0.1, 0.15) is 0 Å². The van der Waals surface area contributed by atoms with E-state index in [9.17, 15) is 4.39 Å². The molecule has 0 amide bonds. The van der Waals surface area contributed by atoms with Crippen LogP contribution in [0.2, 0.25) is 5.02 Å². The highest BCUT2D eigenvalue weighted by atomic mass is 35.5. The summed E-state index contributed by atoms with van der Waals surface area (Å²) in [7, 11) is 0. The molecule has 1 atom stereocenters. The van der Waals surface area contributed by atoms with Crippen LogP contribution in [0.3, 0.4) is 0 Å². The fourth-order valence-corrected chi connectivity index (χ4v) is 7.39. The lowest BCUT2D eigenvalue weighted by Crippen LogP contribution is -2.28. The van der Waals surface area contributed by atoms with Crippen LogP contribution in [0, 0.1) is 35.4 Å². The lowest BCUT2D eigenvalue weighted by atomic mass is 9.65. The van der Waals surface area contributed by atoms with E-state index in [0.717, 1.165) is 48.0 Å². The molecule has 4 rings (SSSR count). The summed E-state index contributed by atoms with van der Waals surface area (Å²) in [6.45, 7) is 4.43. The Balaban J connectivity index is 1.24. The predicted molar refractivity (Wildman–Crippen MR) is 143 cm³/mol. The Bertz CT molecular complexity index is 843. The first-order chi connectivity index (χ1) is 16.6. The topological polar surface area (TPSA) is 9.23 Å². The molecule has 1 aromatic carbocycles. The van der Waals surface area contributed by atoms with Gasteiger partial charge in [-0.05, 0) is 137 Å². The van der Waals surface area contributed by atoms with Crippen LogP contribution in [0.5, 0.6) is 5.75 Å². The number of hydrogen-bond acceptors (Lipinski definition) is 1. The Hall–Kier alpha value is -1.28. The van der Waals surface area contributed by atoms with Crippen molar-refractivity contribution < 1.29 is 9.13 Å². The molecule has 0 N–H and O–H groups in total. The zero-order valence-electron chi connectivity index (χ0n) is 21.3. The van der Waals surface area contributed by atoms with Crippen LogP contribution in [0.25, 0.3) is 5.57 Å². The average Bonchev–Trinajstić information content (AvgIpc) is 2.88. The SMILES string of the molecule is C/C=C/CCC1CCC(C2CCC(C3CC=C(c4ccc(OCC)c(F)c4Cl)CC3)CC2)CC1. The Labute approximate surface area is 212 Å². The fourth-order valence-electron chi connectivity index (χ4n) is 7.11. The van der Waals surface area contributed by atoms with E-state index >= 15 is 0 Å². The molecule has 3 heteroatoms. The maximum Gasteiger partial charge on any atom is 0.184 e. The monoisotopic (exact) mass is 486 g/mol. The molecule has 0 spiro atoms. The molecule has 0 saturated heterocycles. The number of halogens is 2. The minimum Gasteiger partial charge on any atom is -0.491 e. The third-order valence-corrected chi connectivity index (χ3v) is 9.53. The Morgan fingerprint density at radius 3 is 2.18 bits per heavy atom. The summed E-state index contributed by atoms with van der Waals surface area (Å²) in [6.07, 6.45) is 24.5. The summed E-state index contributed by atoms with van der Waals surface area (Å²) in [5.41, 5.74) is 2.06. The summed E-state index contributed by atoms with van der Waals surface area (Å²) in [5.74, 6) is 4.45. The summed E-state index contributed by atoms with van der Waals surface area (Å²) < 4.78 is 19.9. The lowest BCUT2D eigenvalue weighted by Gasteiger charge is -2.40. The minimum absolute atomic E-state index is 0.215. The van der Waals surface area contributed by atoms with Crippen LogP contribution in [0.1, 0.15) is 103 Å². The highest BCUT2D eigenvalue weighted by Gasteiger charge is 2.33. The molecule has 0 radical (unpaired) electrons. The maximum absolute atomic E-state index is 14.6. The third-order valence-electron chi connectivity index (χ3n) is 9.16. The molecule has 0 heterocycles. The first-order valence-electron chi connectivity index (χ1n) is 14.0. The second-order valence-electron chi connectivity index (χ2n) is 11.0. The molecule has 3 aliphatic rings. The molecular weight excluding hydrogens is 443 g/mol. The number of ether oxygens (including phenoxy) is 1. The van der Waals surface area contributed by atoms with Gasteiger partial charge in [-0.1, -0.05) is 42.7 Å². The van der Waals surface area contributed by atoms with Crippen molar-refractivity contribution in [3.8, 4) is 5.75 Å². The zero-order chi connectivity index (χ0) is 23.9. The van der Waals surface area contributed by atoms with Gasteiger partial charge in [-0.25, -0.2) is 4.39 Å². The van der Waals surface area contributed by atoms with Crippen LogP contribution >= 0.6 is 11.6 Å². The molecule has 0 aliphatic heterocycles. The molecule has 0 aromatic heterocycles. The highest BCUT2D eigenvalue weighted by molar-refractivity contribution is 6.32. The molecule has 34 heavy (non-hydrogen) atoms. The van der Waals surface area contributed by atoms with Crippen LogP contribution in [0.15, 0.2) is 30.4 Å². The Morgan fingerprint density at radius 1 is 0.941 bits per heavy atom. The van der Waals surface area contributed by atoms with Gasteiger partial charge in [-0.2, -0.15) is 0 Å². The van der Waals surface area contributed by atoms with Crippen molar-refractivity contribution in [2.75, 3.05) is 6.61 Å². The van der Waals surface area contributed by atoms with Crippen LogP contribution in [-0.2, 0) is 0 Å². The van der Waals surface area contributed by atoms with Gasteiger partial charge >= 0.3 is 0 Å². The van der Waals surface area contributed by atoms with Gasteiger partial charge in [0, 0.05) is 0 Å². The quantitative estimate of drug-likeness (QED) is 0.332. The van der Waals surface area contributed by atoms with Crippen molar-refractivity contribution in [2.24, 2.45) is 29.6 Å². The summed E-state index contributed by atoms with van der Waals surface area (Å²) in [5, 5.41) is 0.215. The van der Waals surface area contributed by atoms with E-state index in [0.29, 0.717) is 6.61 Å². The van der Waals surface area contributed by atoms with Crippen LogP contribution < -0.4 is 4.74 Å². The number of rotatable bonds is 8. The van der Waals surface area contributed by atoms with Gasteiger partial charge in [0.15, 0.2) is 11.6 Å². The molecule has 1 unspecified atom stereocenters. The first kappa shape index (κ1) is 25.8. The Morgan fingerprint density at radius 2 is 1.59 bits per heavy atom. The molecule has 1 aromatic rings. The van der Waals surface area contributed by atoms with Crippen LogP contribution in [0.4, 0.5) is 4.39 Å². The standard InChI is InChI=1S/C31H44ClFO/c1-3-5-6-7-22-8-10-23(11-9-22)24-12-14-25(15-13-24)26-16-18-27(19-17-26)28-20-21-29(34-4-2)31(33)30(28)32/h3,5,18,20-26H,4,6-17,19H2,1-2H3/b5-3+. The van der Waals surface area contributed by atoms with E-state index in [1.165, 1.54) is 76.2 Å². The van der Waals surface area contributed by atoms with Crippen molar-refractivity contribution >= 4 is 17.2 Å². The molecule has 1 nitrogen and oxygen atoms in total. The summed E-state index contributed by atoms with van der Waals surface area (Å²) in [6, 6.07) is 3.66. The fraction of sp³-hybridized carbons (Fsp3) is 0.677. The van der Waals surface area contributed by atoms with E-state index in [2.05, 4.69) is 25.2 Å². The van der Waals surface area contributed by atoms with Crippen molar-refractivity contribution in [1.82, 2.24) is 0 Å². The predicted octanol–water partition coefficient (Wildman–Crippen LogP) is 10.0. The summed E-state index contributed by atoms with van der Waals surface area (Å²) >= 11 is 6.38. The van der Waals surface area contributed by atoms with E-state index in [1.807, 2.05) is 13.0 Å². The van der Waals surface area contributed by atoms with Crippen molar-refractivity contribution in [1.29, 1.82) is 0 Å². The van der Waals surface area contributed by atoms with Crippen molar-refractivity contribution in [2.45, 2.75) is 97.3 Å². The molecular formula is C31H44ClFO. The van der Waals surface area contributed by atoms with E-state index in [-0.39, 0.29) is 10.8 Å². The zero-order valence-corrected chi connectivity index (χ0v) is 22.1. The van der Waals surface area contributed by atoms with Gasteiger partial charge < -0.3 is 4.74 Å². The second kappa shape index (κ2) is 12.6. The Kier molecular flexibility index (Phi) is 9.57. The van der Waals surface area contributed by atoms with Crippen molar-refractivity contribution in [3.05, 3.63) is 46.8 Å². The smallest absolute Gasteiger partial charge is 0.184 e. The number of allylic oxidation sites excluding steroid dienone is 4. The normalized spacial score (nSPS) is 30.4. The lowest BCUT2D eigenvalue weighted by molar-refractivity contribution is 0.121. The number of hydrogen-bond donors (Lipinski definition) is 0. The molecule has 2 fully saturated rings. The maximum atomic E-state index is 14.6. The molecule has 3 aliphatic carbocycles. The van der Waals surface area contributed by atoms with Gasteiger partial charge in [0.25, 0.3) is 0 Å². The first-order valence-corrected chi connectivity index (χ1v) is 14.4. The molecule has 188 valence electrons. The summed E-state index contributed by atoms with van der Waals surface area (Å²) in [4.78, 5) is 0. The second-order valence-corrected chi connectivity index (χ2v) is 11.4. The average molecular weight is 487 g/mol. The van der Waals surface area contributed by atoms with Crippen LogP contribution in [-0.4, -0.2) is 6.61 Å². The van der Waals surface area contributed by atoms with E-state index in [4.69, 9.17) is 16.3 Å². The minimum atomic E-state index is -0.422. The molecule has 0 bridgehead atoms. The van der Waals surface area contributed by atoms with E-state index < -0.39 is 5.82 Å². The molecule has 2 saturated carbocycles. The third kappa shape index (κ3) is 6.28. The van der Waals surface area contributed by atoms with Gasteiger partial charge in [0.2, 0.25) is 0 Å².